The van der Waals surface area contributed by atoms with Crippen molar-refractivity contribution >= 4 is 11.6 Å². The molecule has 0 atom stereocenters. The van der Waals surface area contributed by atoms with E-state index in [1.165, 1.54) is 13.0 Å². The van der Waals surface area contributed by atoms with Gasteiger partial charge in [-0.3, -0.25) is 4.79 Å². The first-order valence-corrected chi connectivity index (χ1v) is 6.48. The van der Waals surface area contributed by atoms with Gasteiger partial charge in [-0.1, -0.05) is 17.7 Å². The van der Waals surface area contributed by atoms with Crippen LogP contribution in [0.2, 0.25) is 0 Å². The van der Waals surface area contributed by atoms with E-state index in [-0.39, 0.29) is 11.5 Å². The molecule has 0 saturated heterocycles. The van der Waals surface area contributed by atoms with Crippen LogP contribution in [0.1, 0.15) is 24.3 Å². The molecule has 0 aromatic heterocycles. The maximum atomic E-state index is 11.1. The fourth-order valence-electron chi connectivity index (χ4n) is 1.86. The second-order valence-corrected chi connectivity index (χ2v) is 4.72. The third kappa shape index (κ3) is 4.05. The van der Waals surface area contributed by atoms with Crippen molar-refractivity contribution in [1.29, 1.82) is 0 Å². The van der Waals surface area contributed by atoms with Crippen LogP contribution in [-0.2, 0) is 4.79 Å². The van der Waals surface area contributed by atoms with E-state index in [0.29, 0.717) is 17.2 Å². The number of carbonyl (C=O) groups excluding carboxylic acids is 1. The van der Waals surface area contributed by atoms with E-state index in [4.69, 9.17) is 4.74 Å². The van der Waals surface area contributed by atoms with Crippen LogP contribution in [-0.4, -0.2) is 16.1 Å². The van der Waals surface area contributed by atoms with Crippen molar-refractivity contribution in [3.63, 3.8) is 0 Å². The number of nitrogens with one attached hydrogen (secondary N) is 1. The Morgan fingerprint density at radius 2 is 1.71 bits per heavy atom. The SMILES string of the molecule is CC(=O)Nc1ccc(Oc2ccc(C)cc2)cc1C(O)O. The minimum atomic E-state index is -1.70. The minimum Gasteiger partial charge on any atom is -0.457 e. The zero-order valence-electron chi connectivity index (χ0n) is 11.8. The first-order valence-electron chi connectivity index (χ1n) is 6.48. The van der Waals surface area contributed by atoms with Crippen molar-refractivity contribution in [3.8, 4) is 11.5 Å². The lowest BCUT2D eigenvalue weighted by molar-refractivity contribution is -0.114. The van der Waals surface area contributed by atoms with Gasteiger partial charge in [0.15, 0.2) is 6.29 Å². The van der Waals surface area contributed by atoms with Gasteiger partial charge >= 0.3 is 0 Å². The molecule has 5 nitrogen and oxygen atoms in total. The van der Waals surface area contributed by atoms with Crippen molar-refractivity contribution in [1.82, 2.24) is 0 Å². The highest BCUT2D eigenvalue weighted by molar-refractivity contribution is 5.89. The number of hydrogen-bond donors (Lipinski definition) is 3. The van der Waals surface area contributed by atoms with Gasteiger partial charge in [0.2, 0.25) is 5.91 Å². The van der Waals surface area contributed by atoms with Gasteiger partial charge in [-0.05, 0) is 37.3 Å². The van der Waals surface area contributed by atoms with Crippen LogP contribution >= 0.6 is 0 Å². The Hall–Kier alpha value is -2.37. The number of ether oxygens (including phenoxy) is 1. The summed E-state index contributed by atoms with van der Waals surface area (Å²) in [6.45, 7) is 3.33. The smallest absolute Gasteiger partial charge is 0.221 e. The molecule has 5 heteroatoms. The van der Waals surface area contributed by atoms with Crippen LogP contribution in [0.4, 0.5) is 5.69 Å². The molecule has 0 spiro atoms. The molecule has 0 unspecified atom stereocenters. The molecule has 0 saturated carbocycles. The number of carbonyl (C=O) groups is 1. The monoisotopic (exact) mass is 287 g/mol. The second-order valence-electron chi connectivity index (χ2n) is 4.72. The number of hydrogen-bond acceptors (Lipinski definition) is 4. The Labute approximate surface area is 122 Å². The Bertz CT molecular complexity index is 635. The molecular formula is C16H17NO4. The zero-order valence-corrected chi connectivity index (χ0v) is 11.8. The lowest BCUT2D eigenvalue weighted by Crippen LogP contribution is -2.10. The lowest BCUT2D eigenvalue weighted by Gasteiger charge is -2.14. The molecule has 0 fully saturated rings. The van der Waals surface area contributed by atoms with Gasteiger partial charge in [0, 0.05) is 18.2 Å². The van der Waals surface area contributed by atoms with E-state index in [9.17, 15) is 15.0 Å². The summed E-state index contributed by atoms with van der Waals surface area (Å²) in [5.74, 6) is 0.811. The standard InChI is InChI=1S/C16H17NO4/c1-10-3-5-12(6-4-10)21-13-7-8-15(17-11(2)18)14(9-13)16(19)20/h3-9,16,19-20H,1-2H3,(H,17,18). The summed E-state index contributed by atoms with van der Waals surface area (Å²) in [5.41, 5.74) is 1.64. The van der Waals surface area contributed by atoms with E-state index in [2.05, 4.69) is 5.32 Å². The average molecular weight is 287 g/mol. The van der Waals surface area contributed by atoms with Crippen LogP contribution in [0.3, 0.4) is 0 Å². The minimum absolute atomic E-state index is 0.176. The molecule has 0 aliphatic rings. The first-order chi connectivity index (χ1) is 9.95. The molecule has 0 aliphatic heterocycles. The summed E-state index contributed by atoms with van der Waals surface area (Å²) >= 11 is 0. The van der Waals surface area contributed by atoms with Gasteiger partial charge in [0.25, 0.3) is 0 Å². The molecule has 3 N–H and O–H groups in total. The van der Waals surface area contributed by atoms with Gasteiger partial charge in [0.1, 0.15) is 11.5 Å². The number of benzene rings is 2. The van der Waals surface area contributed by atoms with Crippen LogP contribution in [0.25, 0.3) is 0 Å². The molecule has 0 aliphatic carbocycles. The largest absolute Gasteiger partial charge is 0.457 e. The fraction of sp³-hybridized carbons (Fsp3) is 0.188. The Morgan fingerprint density at radius 3 is 2.29 bits per heavy atom. The molecule has 1 amide bonds. The van der Waals surface area contributed by atoms with E-state index in [1.807, 2.05) is 31.2 Å². The van der Waals surface area contributed by atoms with Crippen LogP contribution in [0.15, 0.2) is 42.5 Å². The van der Waals surface area contributed by atoms with Gasteiger partial charge in [-0.25, -0.2) is 0 Å². The number of anilines is 1. The number of aliphatic hydroxyl groups is 2. The van der Waals surface area contributed by atoms with Gasteiger partial charge < -0.3 is 20.3 Å². The third-order valence-electron chi connectivity index (χ3n) is 2.87. The third-order valence-corrected chi connectivity index (χ3v) is 2.87. The summed E-state index contributed by atoms with van der Waals surface area (Å²) in [7, 11) is 0. The topological polar surface area (TPSA) is 78.8 Å². The highest BCUT2D eigenvalue weighted by atomic mass is 16.5. The molecule has 2 rings (SSSR count). The van der Waals surface area contributed by atoms with Gasteiger partial charge in [-0.2, -0.15) is 0 Å². The quantitative estimate of drug-likeness (QED) is 0.755. The number of aryl methyl sites for hydroxylation is 1. The predicted molar refractivity (Wildman–Crippen MR) is 79.2 cm³/mol. The molecule has 0 bridgehead atoms. The van der Waals surface area contributed by atoms with Crippen LogP contribution in [0, 0.1) is 6.92 Å². The van der Waals surface area contributed by atoms with Crippen LogP contribution in [0.5, 0.6) is 11.5 Å². The summed E-state index contributed by atoms with van der Waals surface area (Å²) in [6.07, 6.45) is -1.70. The summed E-state index contributed by atoms with van der Waals surface area (Å²) in [5, 5.41) is 21.3. The maximum Gasteiger partial charge on any atom is 0.221 e. The fourth-order valence-corrected chi connectivity index (χ4v) is 1.86. The number of aliphatic hydroxyl groups excluding tert-OH is 1. The van der Waals surface area contributed by atoms with Crippen LogP contribution < -0.4 is 10.1 Å². The van der Waals surface area contributed by atoms with Crippen molar-refractivity contribution in [2.75, 3.05) is 5.32 Å². The van der Waals surface area contributed by atoms with Crippen molar-refractivity contribution < 1.29 is 19.7 Å². The van der Waals surface area contributed by atoms with E-state index < -0.39 is 6.29 Å². The summed E-state index contributed by atoms with van der Waals surface area (Å²) in [6, 6.07) is 12.2. The highest BCUT2D eigenvalue weighted by Crippen LogP contribution is 2.29. The molecule has 0 radical (unpaired) electrons. The Morgan fingerprint density at radius 1 is 1.10 bits per heavy atom. The van der Waals surface area contributed by atoms with Gasteiger partial charge in [0.05, 0.1) is 0 Å². The molecule has 110 valence electrons. The Kier molecular flexibility index (Phi) is 4.57. The first kappa shape index (κ1) is 15.0. The summed E-state index contributed by atoms with van der Waals surface area (Å²) < 4.78 is 5.65. The van der Waals surface area contributed by atoms with Crippen molar-refractivity contribution in [2.45, 2.75) is 20.1 Å². The van der Waals surface area contributed by atoms with Crippen molar-refractivity contribution in [3.05, 3.63) is 53.6 Å². The number of amides is 1. The lowest BCUT2D eigenvalue weighted by atomic mass is 10.1. The summed E-state index contributed by atoms with van der Waals surface area (Å²) in [4.78, 5) is 11.1. The van der Waals surface area contributed by atoms with E-state index >= 15 is 0 Å². The maximum absolute atomic E-state index is 11.1. The second kappa shape index (κ2) is 6.39. The molecule has 0 heterocycles. The number of rotatable bonds is 4. The van der Waals surface area contributed by atoms with Gasteiger partial charge in [-0.15, -0.1) is 0 Å². The zero-order chi connectivity index (χ0) is 15.4. The molecule has 2 aromatic carbocycles. The molecular weight excluding hydrogens is 270 g/mol. The molecule has 21 heavy (non-hydrogen) atoms. The Balaban J connectivity index is 2.26. The van der Waals surface area contributed by atoms with Crippen molar-refractivity contribution in [2.24, 2.45) is 0 Å². The van der Waals surface area contributed by atoms with E-state index in [0.717, 1.165) is 5.56 Å². The molecule has 2 aromatic rings. The normalized spacial score (nSPS) is 10.5. The average Bonchev–Trinajstić information content (AvgIpc) is 2.42. The predicted octanol–water partition coefficient (Wildman–Crippen LogP) is 2.73. The van der Waals surface area contributed by atoms with E-state index in [1.54, 1.807) is 12.1 Å². The highest BCUT2D eigenvalue weighted by Gasteiger charge is 2.12.